The minimum atomic E-state index is -0.948. The number of hydrogen-bond donors (Lipinski definition) is 2. The van der Waals surface area contributed by atoms with Crippen LogP contribution in [0.15, 0.2) is 0 Å². The highest BCUT2D eigenvalue weighted by Gasteiger charge is 2.74. The average Bonchev–Trinajstić information content (AvgIpc) is 2.89. The number of fused-ring (bicyclic) bond motifs is 7. The topological polar surface area (TPSA) is 101 Å². The quantitative estimate of drug-likeness (QED) is 0.330. The number of ketones is 1. The van der Waals surface area contributed by atoms with Crippen molar-refractivity contribution in [1.29, 1.82) is 0 Å². The number of aliphatic carboxylic acids is 2. The summed E-state index contributed by atoms with van der Waals surface area (Å²) in [6, 6.07) is 0. The lowest BCUT2D eigenvalue weighted by atomic mass is 9.30. The molecule has 5 fully saturated rings. The number of Topliss-reactive ketones (excluding diaryl/α,β-unsaturated/α-hetero) is 1. The van der Waals surface area contributed by atoms with Crippen LogP contribution < -0.4 is 0 Å². The van der Waals surface area contributed by atoms with Gasteiger partial charge in [0.15, 0.2) is 5.78 Å². The first-order chi connectivity index (χ1) is 18.6. The molecule has 0 aromatic heterocycles. The summed E-state index contributed by atoms with van der Waals surface area (Å²) in [7, 11) is 0. The molecular weight excluding hydrogens is 504 g/mol. The first-order valence-electron chi connectivity index (χ1n) is 16.2. The van der Waals surface area contributed by atoms with Crippen LogP contribution in [-0.4, -0.2) is 40.6 Å². The van der Waals surface area contributed by atoms with E-state index < -0.39 is 28.9 Å². The van der Waals surface area contributed by atoms with Crippen molar-refractivity contribution >= 4 is 17.7 Å². The van der Waals surface area contributed by atoms with Crippen molar-refractivity contribution < 1.29 is 29.3 Å². The van der Waals surface area contributed by atoms with Gasteiger partial charge in [0.05, 0.1) is 10.8 Å². The van der Waals surface area contributed by atoms with Crippen molar-refractivity contribution in [3.63, 3.8) is 0 Å². The van der Waals surface area contributed by atoms with Crippen molar-refractivity contribution in [3.8, 4) is 0 Å². The zero-order chi connectivity index (χ0) is 29.5. The summed E-state index contributed by atoms with van der Waals surface area (Å²) >= 11 is 0. The third-order valence-electron chi connectivity index (χ3n) is 14.7. The van der Waals surface area contributed by atoms with Crippen molar-refractivity contribution in [3.05, 3.63) is 0 Å². The van der Waals surface area contributed by atoms with E-state index in [0.29, 0.717) is 31.3 Å². The van der Waals surface area contributed by atoms with E-state index in [1.165, 1.54) is 0 Å². The monoisotopic (exact) mass is 558 g/mol. The van der Waals surface area contributed by atoms with E-state index in [9.17, 15) is 24.6 Å². The molecule has 5 rings (SSSR count). The standard InChI is InChI=1S/C34H54O6/c1-8-9-18-40-26-21(2)34(28(38)39)11-10-23-31(5,24(34)19-22(26)35)15-17-33(7)25-20-30(4,27(36)37)13-12-29(25,3)14-16-32(23,33)6/h21,23-26H,8-20H2,1-7H3,(H,36,37)(H,38,39)/t21?,23?,24?,25?,26?,29?,30-,31-,32-,33+,34+/m1/s1. The number of unbranched alkanes of at least 4 members (excludes halogenated alkanes) is 1. The highest BCUT2D eigenvalue weighted by molar-refractivity contribution is 5.89. The maximum Gasteiger partial charge on any atom is 0.310 e. The minimum Gasteiger partial charge on any atom is -0.481 e. The molecule has 6 nitrogen and oxygen atoms in total. The summed E-state index contributed by atoms with van der Waals surface area (Å²) in [5, 5.41) is 21.1. The number of carbonyl (C=O) groups excluding carboxylic acids is 1. The van der Waals surface area contributed by atoms with Gasteiger partial charge >= 0.3 is 11.9 Å². The molecule has 40 heavy (non-hydrogen) atoms. The predicted octanol–water partition coefficient (Wildman–Crippen LogP) is 7.38. The number of ether oxygens (including phenoxy) is 1. The average molecular weight is 559 g/mol. The molecule has 5 aliphatic carbocycles. The van der Waals surface area contributed by atoms with Gasteiger partial charge < -0.3 is 14.9 Å². The normalized spacial score (nSPS) is 52.1. The molecule has 0 radical (unpaired) electrons. The van der Waals surface area contributed by atoms with Crippen molar-refractivity contribution in [1.82, 2.24) is 0 Å². The first kappa shape index (κ1) is 30.0. The van der Waals surface area contributed by atoms with Crippen LogP contribution >= 0.6 is 0 Å². The fourth-order valence-corrected chi connectivity index (χ4v) is 11.8. The van der Waals surface area contributed by atoms with Gasteiger partial charge in [0.2, 0.25) is 0 Å². The number of carboxylic acids is 2. The third kappa shape index (κ3) is 3.78. The summed E-state index contributed by atoms with van der Waals surface area (Å²) in [6.07, 6.45) is 9.47. The summed E-state index contributed by atoms with van der Waals surface area (Å²) in [4.78, 5) is 39.3. The summed E-state index contributed by atoms with van der Waals surface area (Å²) in [5.41, 5.74) is -1.77. The Kier molecular flexibility index (Phi) is 7.17. The number of carboxylic acid groups (broad SMARTS) is 2. The van der Waals surface area contributed by atoms with Crippen molar-refractivity contribution in [2.45, 2.75) is 132 Å². The molecule has 6 unspecified atom stereocenters. The smallest absolute Gasteiger partial charge is 0.310 e. The Hall–Kier alpha value is -1.43. The van der Waals surface area contributed by atoms with E-state index in [-0.39, 0.29) is 39.3 Å². The maximum atomic E-state index is 13.7. The lowest BCUT2D eigenvalue weighted by Crippen LogP contribution is -2.70. The van der Waals surface area contributed by atoms with E-state index in [4.69, 9.17) is 4.74 Å². The number of hydrogen-bond acceptors (Lipinski definition) is 4. The Bertz CT molecular complexity index is 1070. The minimum absolute atomic E-state index is 0.0133. The van der Waals surface area contributed by atoms with Gasteiger partial charge in [-0.3, -0.25) is 14.4 Å². The Morgan fingerprint density at radius 2 is 1.48 bits per heavy atom. The van der Waals surface area contributed by atoms with Crippen LogP contribution in [0, 0.1) is 56.2 Å². The van der Waals surface area contributed by atoms with Crippen LogP contribution in [0.2, 0.25) is 0 Å². The molecule has 5 saturated carbocycles. The molecule has 0 aromatic carbocycles. The maximum absolute atomic E-state index is 13.7. The van der Waals surface area contributed by atoms with E-state index >= 15 is 0 Å². The molecule has 0 bridgehead atoms. The van der Waals surface area contributed by atoms with Crippen LogP contribution in [-0.2, 0) is 19.1 Å². The van der Waals surface area contributed by atoms with Gasteiger partial charge in [-0.25, -0.2) is 0 Å². The molecular formula is C34H54O6. The molecule has 0 spiro atoms. The fraction of sp³-hybridized carbons (Fsp3) is 0.912. The molecule has 0 aromatic rings. The van der Waals surface area contributed by atoms with Crippen molar-refractivity contribution in [2.75, 3.05) is 6.61 Å². The Balaban J connectivity index is 1.52. The number of rotatable bonds is 6. The SMILES string of the molecule is CCCCOC1C(=O)CC2[C@]3(C)CC[C@@]4(C)C5C[C@](C)(C(=O)O)CCC5(C)CC[C@]4(C)C3CC[C@]2(C(=O)O)C1C. The van der Waals surface area contributed by atoms with Crippen molar-refractivity contribution in [2.24, 2.45) is 56.2 Å². The fourth-order valence-electron chi connectivity index (χ4n) is 11.8. The predicted molar refractivity (Wildman–Crippen MR) is 154 cm³/mol. The third-order valence-corrected chi connectivity index (χ3v) is 14.7. The second-order valence-electron chi connectivity index (χ2n) is 16.2. The molecule has 2 N–H and O–H groups in total. The van der Waals surface area contributed by atoms with Crippen LogP contribution in [0.5, 0.6) is 0 Å². The molecule has 0 amide bonds. The molecule has 11 atom stereocenters. The Labute approximate surface area is 241 Å². The van der Waals surface area contributed by atoms with E-state index in [1.807, 2.05) is 13.8 Å². The lowest BCUT2D eigenvalue weighted by molar-refractivity contribution is -0.264. The van der Waals surface area contributed by atoms with Gasteiger partial charge in [0.1, 0.15) is 6.10 Å². The van der Waals surface area contributed by atoms with Gasteiger partial charge in [-0.15, -0.1) is 0 Å². The molecule has 0 heterocycles. The summed E-state index contributed by atoms with van der Waals surface area (Å²) < 4.78 is 6.11. The van der Waals surface area contributed by atoms with Crippen LogP contribution in [0.3, 0.4) is 0 Å². The van der Waals surface area contributed by atoms with Gasteiger partial charge in [-0.05, 0) is 111 Å². The summed E-state index contributed by atoms with van der Waals surface area (Å²) in [5.74, 6) is -1.23. The molecule has 226 valence electrons. The van der Waals surface area contributed by atoms with Gasteiger partial charge in [-0.2, -0.15) is 0 Å². The second kappa shape index (κ2) is 9.54. The number of carbonyl (C=O) groups is 3. The molecule has 0 aliphatic heterocycles. The molecule has 0 saturated heterocycles. The van der Waals surface area contributed by atoms with Gasteiger partial charge in [0.25, 0.3) is 0 Å². The lowest BCUT2D eigenvalue weighted by Gasteiger charge is -2.74. The highest BCUT2D eigenvalue weighted by atomic mass is 16.5. The Morgan fingerprint density at radius 3 is 2.10 bits per heavy atom. The molecule has 6 heteroatoms. The first-order valence-corrected chi connectivity index (χ1v) is 16.2. The van der Waals surface area contributed by atoms with E-state index in [1.54, 1.807) is 0 Å². The molecule has 5 aliphatic rings. The largest absolute Gasteiger partial charge is 0.481 e. The van der Waals surface area contributed by atoms with Gasteiger partial charge in [-0.1, -0.05) is 48.0 Å². The highest BCUT2D eigenvalue weighted by Crippen LogP contribution is 2.78. The van der Waals surface area contributed by atoms with E-state index in [0.717, 1.165) is 64.2 Å². The zero-order valence-corrected chi connectivity index (χ0v) is 26.1. The zero-order valence-electron chi connectivity index (χ0n) is 26.1. The van der Waals surface area contributed by atoms with Crippen LogP contribution in [0.25, 0.3) is 0 Å². The summed E-state index contributed by atoms with van der Waals surface area (Å²) in [6.45, 7) is 16.2. The van der Waals surface area contributed by atoms with Gasteiger partial charge in [0, 0.05) is 18.9 Å². The van der Waals surface area contributed by atoms with Crippen LogP contribution in [0.4, 0.5) is 0 Å². The van der Waals surface area contributed by atoms with E-state index in [2.05, 4.69) is 34.6 Å². The van der Waals surface area contributed by atoms with Crippen LogP contribution in [0.1, 0.15) is 126 Å². The Morgan fingerprint density at radius 1 is 0.850 bits per heavy atom. The second-order valence-corrected chi connectivity index (χ2v) is 16.2.